The third kappa shape index (κ3) is 4.27. The zero-order valence-electron chi connectivity index (χ0n) is 8.76. The van der Waals surface area contributed by atoms with Gasteiger partial charge in [-0.25, -0.2) is 0 Å². The van der Waals surface area contributed by atoms with Crippen LogP contribution < -0.4 is 10.6 Å². The minimum atomic E-state index is 0.118. The van der Waals surface area contributed by atoms with E-state index in [1.165, 1.54) is 6.42 Å². The van der Waals surface area contributed by atoms with Crippen LogP contribution in [0.25, 0.3) is 0 Å². The lowest BCUT2D eigenvalue weighted by Gasteiger charge is -2.08. The third-order valence-electron chi connectivity index (χ3n) is 2.51. The second kappa shape index (κ2) is 4.61. The quantitative estimate of drug-likeness (QED) is 0.662. The molecule has 0 saturated heterocycles. The number of hydrogen-bond donors (Lipinski definition) is 2. The molecule has 1 aliphatic rings. The van der Waals surface area contributed by atoms with Gasteiger partial charge in [-0.3, -0.25) is 4.79 Å². The smallest absolute Gasteiger partial charge is 0.233 e. The highest BCUT2D eigenvalue weighted by Gasteiger charge is 2.32. The Hall–Kier alpha value is -0.570. The molecule has 2 unspecified atom stereocenters. The fourth-order valence-electron chi connectivity index (χ4n) is 1.29. The van der Waals surface area contributed by atoms with E-state index in [4.69, 9.17) is 0 Å². The van der Waals surface area contributed by atoms with E-state index in [0.29, 0.717) is 12.6 Å². The Labute approximate surface area is 80.3 Å². The van der Waals surface area contributed by atoms with Gasteiger partial charge < -0.3 is 10.6 Å². The Bertz CT molecular complexity index is 180. The van der Waals surface area contributed by atoms with E-state index in [-0.39, 0.29) is 5.91 Å². The molecule has 0 aromatic carbocycles. The molecule has 2 atom stereocenters. The molecule has 3 heteroatoms. The van der Waals surface area contributed by atoms with Gasteiger partial charge >= 0.3 is 0 Å². The van der Waals surface area contributed by atoms with Crippen molar-refractivity contribution in [1.82, 2.24) is 10.6 Å². The fraction of sp³-hybridized carbons (Fsp3) is 0.900. The highest BCUT2D eigenvalue weighted by atomic mass is 16.1. The number of carbonyl (C=O) groups is 1. The minimum absolute atomic E-state index is 0.118. The molecule has 1 aliphatic carbocycles. The number of carbonyl (C=O) groups excluding carboxylic acids is 1. The molecule has 13 heavy (non-hydrogen) atoms. The SMILES string of the molecule is CC(C)NCC(=O)NCC1CC1C. The summed E-state index contributed by atoms with van der Waals surface area (Å²) in [7, 11) is 0. The molecule has 3 nitrogen and oxygen atoms in total. The second-order valence-electron chi connectivity index (χ2n) is 4.31. The van der Waals surface area contributed by atoms with Crippen molar-refractivity contribution < 1.29 is 4.79 Å². The van der Waals surface area contributed by atoms with Gasteiger partial charge in [0.15, 0.2) is 0 Å². The summed E-state index contributed by atoms with van der Waals surface area (Å²) in [5, 5.41) is 6.02. The summed E-state index contributed by atoms with van der Waals surface area (Å²) in [6.45, 7) is 7.61. The Morgan fingerprint density at radius 2 is 2.15 bits per heavy atom. The van der Waals surface area contributed by atoms with Crippen LogP contribution in [0, 0.1) is 11.8 Å². The predicted molar refractivity (Wildman–Crippen MR) is 53.4 cm³/mol. The van der Waals surface area contributed by atoms with Gasteiger partial charge in [0.05, 0.1) is 6.54 Å². The summed E-state index contributed by atoms with van der Waals surface area (Å²) < 4.78 is 0. The molecule has 1 saturated carbocycles. The predicted octanol–water partition coefficient (Wildman–Crippen LogP) is 0.757. The van der Waals surface area contributed by atoms with Crippen LogP contribution in [0.3, 0.4) is 0 Å². The van der Waals surface area contributed by atoms with E-state index in [1.807, 2.05) is 13.8 Å². The average Bonchev–Trinajstić information content (AvgIpc) is 2.75. The van der Waals surface area contributed by atoms with Crippen molar-refractivity contribution in [3.05, 3.63) is 0 Å². The van der Waals surface area contributed by atoms with Crippen molar-refractivity contribution in [3.8, 4) is 0 Å². The van der Waals surface area contributed by atoms with Crippen molar-refractivity contribution in [3.63, 3.8) is 0 Å². The number of hydrogen-bond acceptors (Lipinski definition) is 2. The summed E-state index contributed by atoms with van der Waals surface area (Å²) in [5.41, 5.74) is 0. The molecule has 1 rings (SSSR count). The molecule has 0 bridgehead atoms. The number of nitrogens with one attached hydrogen (secondary N) is 2. The molecule has 1 fully saturated rings. The Morgan fingerprint density at radius 3 is 2.62 bits per heavy atom. The van der Waals surface area contributed by atoms with E-state index in [2.05, 4.69) is 17.6 Å². The molecule has 0 heterocycles. The van der Waals surface area contributed by atoms with Crippen LogP contribution in [-0.4, -0.2) is 25.0 Å². The first-order valence-corrected chi connectivity index (χ1v) is 5.09. The maximum atomic E-state index is 11.2. The van der Waals surface area contributed by atoms with E-state index in [0.717, 1.165) is 18.4 Å². The van der Waals surface area contributed by atoms with Crippen molar-refractivity contribution in [1.29, 1.82) is 0 Å². The van der Waals surface area contributed by atoms with E-state index in [9.17, 15) is 4.79 Å². The van der Waals surface area contributed by atoms with E-state index < -0.39 is 0 Å². The Kier molecular flexibility index (Phi) is 3.72. The maximum absolute atomic E-state index is 11.2. The molecular weight excluding hydrogens is 164 g/mol. The minimum Gasteiger partial charge on any atom is -0.355 e. The summed E-state index contributed by atoms with van der Waals surface area (Å²) in [5.74, 6) is 1.68. The normalized spacial score (nSPS) is 26.2. The molecule has 0 aliphatic heterocycles. The molecule has 0 spiro atoms. The van der Waals surface area contributed by atoms with Crippen molar-refractivity contribution in [2.75, 3.05) is 13.1 Å². The summed E-state index contributed by atoms with van der Waals surface area (Å²) in [6.07, 6.45) is 1.28. The van der Waals surface area contributed by atoms with Crippen molar-refractivity contribution >= 4 is 5.91 Å². The molecule has 1 amide bonds. The van der Waals surface area contributed by atoms with Gasteiger partial charge in [0.25, 0.3) is 0 Å². The zero-order chi connectivity index (χ0) is 9.84. The highest BCUT2D eigenvalue weighted by molar-refractivity contribution is 5.78. The molecular formula is C10H20N2O. The van der Waals surface area contributed by atoms with Crippen LogP contribution in [0.4, 0.5) is 0 Å². The zero-order valence-corrected chi connectivity index (χ0v) is 8.76. The molecule has 2 N–H and O–H groups in total. The van der Waals surface area contributed by atoms with Gasteiger partial charge in [0.2, 0.25) is 5.91 Å². The average molecular weight is 184 g/mol. The van der Waals surface area contributed by atoms with Crippen LogP contribution in [0.5, 0.6) is 0 Å². The third-order valence-corrected chi connectivity index (χ3v) is 2.51. The van der Waals surface area contributed by atoms with Gasteiger partial charge in [0.1, 0.15) is 0 Å². The van der Waals surface area contributed by atoms with Crippen LogP contribution in [0.1, 0.15) is 27.2 Å². The fourth-order valence-corrected chi connectivity index (χ4v) is 1.29. The topological polar surface area (TPSA) is 41.1 Å². The van der Waals surface area contributed by atoms with Crippen LogP contribution in [-0.2, 0) is 4.79 Å². The van der Waals surface area contributed by atoms with Crippen LogP contribution >= 0.6 is 0 Å². The lowest BCUT2D eigenvalue weighted by atomic mass is 10.3. The van der Waals surface area contributed by atoms with Gasteiger partial charge in [0, 0.05) is 12.6 Å². The lowest BCUT2D eigenvalue weighted by molar-refractivity contribution is -0.120. The van der Waals surface area contributed by atoms with Gasteiger partial charge in [-0.15, -0.1) is 0 Å². The first-order valence-electron chi connectivity index (χ1n) is 5.09. The first kappa shape index (κ1) is 10.5. The summed E-state index contributed by atoms with van der Waals surface area (Å²) >= 11 is 0. The molecule has 0 aromatic rings. The van der Waals surface area contributed by atoms with Gasteiger partial charge in [-0.2, -0.15) is 0 Å². The molecule has 76 valence electrons. The highest BCUT2D eigenvalue weighted by Crippen LogP contribution is 2.36. The number of amides is 1. The first-order chi connectivity index (χ1) is 6.09. The molecule has 0 aromatic heterocycles. The Balaban J connectivity index is 1.98. The molecule has 0 radical (unpaired) electrons. The van der Waals surface area contributed by atoms with E-state index in [1.54, 1.807) is 0 Å². The van der Waals surface area contributed by atoms with Crippen molar-refractivity contribution in [2.45, 2.75) is 33.2 Å². The van der Waals surface area contributed by atoms with Crippen LogP contribution in [0.2, 0.25) is 0 Å². The van der Waals surface area contributed by atoms with Gasteiger partial charge in [-0.1, -0.05) is 20.8 Å². The Morgan fingerprint density at radius 1 is 1.54 bits per heavy atom. The summed E-state index contributed by atoms with van der Waals surface area (Å²) in [4.78, 5) is 11.2. The monoisotopic (exact) mass is 184 g/mol. The van der Waals surface area contributed by atoms with E-state index >= 15 is 0 Å². The summed E-state index contributed by atoms with van der Waals surface area (Å²) in [6, 6.07) is 0.380. The van der Waals surface area contributed by atoms with Crippen molar-refractivity contribution in [2.24, 2.45) is 11.8 Å². The lowest BCUT2D eigenvalue weighted by Crippen LogP contribution is -2.37. The van der Waals surface area contributed by atoms with Crippen LogP contribution in [0.15, 0.2) is 0 Å². The standard InChI is InChI=1S/C10H20N2O/c1-7(2)11-6-10(13)12-5-9-4-8(9)3/h7-9,11H,4-6H2,1-3H3,(H,12,13). The maximum Gasteiger partial charge on any atom is 0.233 e. The largest absolute Gasteiger partial charge is 0.355 e. The number of rotatable bonds is 5. The second-order valence-corrected chi connectivity index (χ2v) is 4.31. The van der Waals surface area contributed by atoms with Gasteiger partial charge in [-0.05, 0) is 18.3 Å².